The third-order valence-electron chi connectivity index (χ3n) is 7.55. The molecule has 6 heteroatoms. The van der Waals surface area contributed by atoms with E-state index in [0.29, 0.717) is 24.7 Å². The Morgan fingerprint density at radius 2 is 1.64 bits per heavy atom. The Labute approximate surface area is 195 Å². The molecular formula is C27H33FN2O3. The van der Waals surface area contributed by atoms with E-state index in [2.05, 4.69) is 15.9 Å². The second kappa shape index (κ2) is 10.1. The minimum atomic E-state index is -0.291. The zero-order chi connectivity index (χ0) is 22.6. The van der Waals surface area contributed by atoms with Gasteiger partial charge in [0.15, 0.2) is 17.3 Å². The van der Waals surface area contributed by atoms with Crippen molar-refractivity contribution in [3.63, 3.8) is 0 Å². The third kappa shape index (κ3) is 5.32. The highest BCUT2D eigenvalue weighted by Crippen LogP contribution is 2.41. The highest BCUT2D eigenvalue weighted by molar-refractivity contribution is 5.96. The van der Waals surface area contributed by atoms with E-state index in [-0.39, 0.29) is 11.6 Å². The molecule has 1 saturated heterocycles. The topological polar surface area (TPSA) is 42.0 Å². The Hall–Kier alpha value is -2.60. The number of Topliss-reactive ketones (excluding diaryl/α,β-unsaturated/α-hetero) is 1. The number of ether oxygens (including phenoxy) is 2. The predicted octanol–water partition coefficient (Wildman–Crippen LogP) is 5.15. The van der Waals surface area contributed by atoms with Gasteiger partial charge in [0.25, 0.3) is 0 Å². The third-order valence-corrected chi connectivity index (χ3v) is 7.55. The molecule has 2 aliphatic heterocycles. The van der Waals surface area contributed by atoms with E-state index in [9.17, 15) is 9.18 Å². The van der Waals surface area contributed by atoms with Crippen molar-refractivity contribution in [2.75, 3.05) is 44.4 Å². The van der Waals surface area contributed by atoms with Crippen molar-refractivity contribution in [1.29, 1.82) is 0 Å². The number of rotatable bonds is 7. The number of carbonyl (C=O) groups is 1. The number of para-hydroxylation sites is 1. The molecule has 0 bridgehead atoms. The molecule has 0 atom stereocenters. The molecule has 2 fully saturated rings. The van der Waals surface area contributed by atoms with Crippen molar-refractivity contribution in [2.45, 2.75) is 38.5 Å². The summed E-state index contributed by atoms with van der Waals surface area (Å²) in [5, 5.41) is 0. The molecule has 33 heavy (non-hydrogen) atoms. The quantitative estimate of drug-likeness (QED) is 0.544. The minimum Gasteiger partial charge on any atom is -0.454 e. The summed E-state index contributed by atoms with van der Waals surface area (Å²) in [6.45, 7) is 5.65. The fourth-order valence-corrected chi connectivity index (χ4v) is 5.48. The minimum absolute atomic E-state index is 0.150. The van der Waals surface area contributed by atoms with E-state index < -0.39 is 0 Å². The maximum Gasteiger partial charge on any atom is 0.231 e. The SMILES string of the molecule is O=C(CC1CCC(CCN2CCN(c3cccc4c3OCO4)CC2)CC1)c1ccc(F)cc1. The number of nitrogens with zero attached hydrogens (tertiary/aromatic N) is 2. The van der Waals surface area contributed by atoms with Crippen LogP contribution < -0.4 is 14.4 Å². The highest BCUT2D eigenvalue weighted by Gasteiger charge is 2.26. The zero-order valence-corrected chi connectivity index (χ0v) is 19.2. The second-order valence-corrected chi connectivity index (χ2v) is 9.65. The van der Waals surface area contributed by atoms with Crippen LogP contribution in [0.3, 0.4) is 0 Å². The monoisotopic (exact) mass is 452 g/mol. The van der Waals surface area contributed by atoms with Gasteiger partial charge in [0.05, 0.1) is 5.69 Å². The predicted molar refractivity (Wildman–Crippen MR) is 127 cm³/mol. The smallest absolute Gasteiger partial charge is 0.231 e. The number of benzene rings is 2. The van der Waals surface area contributed by atoms with E-state index in [4.69, 9.17) is 9.47 Å². The van der Waals surface area contributed by atoms with Crippen LogP contribution in [0, 0.1) is 17.7 Å². The number of hydrogen-bond donors (Lipinski definition) is 0. The van der Waals surface area contributed by atoms with E-state index in [1.54, 1.807) is 12.1 Å². The van der Waals surface area contributed by atoms with Gasteiger partial charge in [-0.05, 0) is 74.0 Å². The molecule has 2 heterocycles. The summed E-state index contributed by atoms with van der Waals surface area (Å²) in [5.41, 5.74) is 1.79. The van der Waals surface area contributed by atoms with Gasteiger partial charge in [-0.3, -0.25) is 9.69 Å². The zero-order valence-electron chi connectivity index (χ0n) is 19.2. The van der Waals surface area contributed by atoms with Crippen molar-refractivity contribution in [3.05, 3.63) is 53.8 Å². The lowest BCUT2D eigenvalue weighted by atomic mass is 9.78. The fraction of sp³-hybridized carbons (Fsp3) is 0.519. The first-order valence-electron chi connectivity index (χ1n) is 12.3. The maximum absolute atomic E-state index is 13.1. The van der Waals surface area contributed by atoms with Gasteiger partial charge in [-0.15, -0.1) is 0 Å². The summed E-state index contributed by atoms with van der Waals surface area (Å²) in [6, 6.07) is 12.1. The first-order valence-corrected chi connectivity index (χ1v) is 12.3. The summed E-state index contributed by atoms with van der Waals surface area (Å²) in [5.74, 6) is 2.84. The van der Waals surface area contributed by atoms with E-state index >= 15 is 0 Å². The van der Waals surface area contributed by atoms with Gasteiger partial charge in [-0.2, -0.15) is 0 Å². The molecule has 0 spiro atoms. The molecule has 1 saturated carbocycles. The largest absolute Gasteiger partial charge is 0.454 e. The van der Waals surface area contributed by atoms with Crippen LogP contribution in [-0.4, -0.2) is 50.2 Å². The van der Waals surface area contributed by atoms with Crippen LogP contribution >= 0.6 is 0 Å². The Balaban J connectivity index is 1.02. The molecule has 0 aromatic heterocycles. The van der Waals surface area contributed by atoms with Crippen molar-refractivity contribution in [3.8, 4) is 11.5 Å². The van der Waals surface area contributed by atoms with Gasteiger partial charge in [0, 0.05) is 38.2 Å². The lowest BCUT2D eigenvalue weighted by molar-refractivity contribution is 0.0940. The molecule has 1 aliphatic carbocycles. The van der Waals surface area contributed by atoms with E-state index in [1.165, 1.54) is 31.4 Å². The number of fused-ring (bicyclic) bond motifs is 1. The Kier molecular flexibility index (Phi) is 6.81. The summed E-state index contributed by atoms with van der Waals surface area (Å²) in [6.07, 6.45) is 6.54. The number of carbonyl (C=O) groups excluding carboxylic acids is 1. The van der Waals surface area contributed by atoms with E-state index in [0.717, 1.165) is 68.7 Å². The number of ketones is 1. The fourth-order valence-electron chi connectivity index (χ4n) is 5.48. The Morgan fingerprint density at radius 3 is 2.39 bits per heavy atom. The Bertz CT molecular complexity index is 948. The van der Waals surface area contributed by atoms with Crippen LogP contribution in [0.25, 0.3) is 0 Å². The van der Waals surface area contributed by atoms with Crippen LogP contribution in [0.5, 0.6) is 11.5 Å². The number of halogens is 1. The van der Waals surface area contributed by atoms with Crippen molar-refractivity contribution in [1.82, 2.24) is 4.90 Å². The van der Waals surface area contributed by atoms with Gasteiger partial charge in [-0.1, -0.05) is 18.9 Å². The second-order valence-electron chi connectivity index (χ2n) is 9.65. The lowest BCUT2D eigenvalue weighted by Gasteiger charge is -2.37. The maximum atomic E-state index is 13.1. The highest BCUT2D eigenvalue weighted by atomic mass is 19.1. The average Bonchev–Trinajstić information content (AvgIpc) is 3.34. The average molecular weight is 453 g/mol. The standard InChI is InChI=1S/C27H33FN2O3/c28-23-10-8-22(9-11-23)25(31)18-21-6-4-20(5-7-21)12-13-29-14-16-30(17-15-29)24-2-1-3-26-27(24)33-19-32-26/h1-3,8-11,20-21H,4-7,12-19H2. The summed E-state index contributed by atoms with van der Waals surface area (Å²) >= 11 is 0. The van der Waals surface area contributed by atoms with Crippen LogP contribution in [0.15, 0.2) is 42.5 Å². The normalized spacial score (nSPS) is 23.0. The van der Waals surface area contributed by atoms with E-state index in [1.807, 2.05) is 12.1 Å². The molecule has 0 radical (unpaired) electrons. The lowest BCUT2D eigenvalue weighted by Crippen LogP contribution is -2.47. The first-order chi connectivity index (χ1) is 16.2. The number of anilines is 1. The van der Waals surface area contributed by atoms with Crippen molar-refractivity contribution >= 4 is 11.5 Å². The molecule has 0 amide bonds. The molecule has 2 aromatic rings. The summed E-state index contributed by atoms with van der Waals surface area (Å²) in [4.78, 5) is 17.5. The van der Waals surface area contributed by atoms with Gasteiger partial charge < -0.3 is 14.4 Å². The molecule has 3 aliphatic rings. The van der Waals surface area contributed by atoms with Gasteiger partial charge in [-0.25, -0.2) is 4.39 Å². The van der Waals surface area contributed by atoms with Crippen molar-refractivity contribution < 1.29 is 18.7 Å². The molecule has 2 aromatic carbocycles. The van der Waals surface area contributed by atoms with Crippen LogP contribution in [0.2, 0.25) is 0 Å². The first kappa shape index (κ1) is 22.2. The molecule has 5 rings (SSSR count). The van der Waals surface area contributed by atoms with Gasteiger partial charge in [0.2, 0.25) is 6.79 Å². The summed E-state index contributed by atoms with van der Waals surface area (Å²) in [7, 11) is 0. The molecule has 5 nitrogen and oxygen atoms in total. The number of hydrogen-bond acceptors (Lipinski definition) is 5. The summed E-state index contributed by atoms with van der Waals surface area (Å²) < 4.78 is 24.3. The van der Waals surface area contributed by atoms with Crippen LogP contribution in [0.1, 0.15) is 48.9 Å². The molecule has 0 unspecified atom stereocenters. The van der Waals surface area contributed by atoms with Gasteiger partial charge >= 0.3 is 0 Å². The van der Waals surface area contributed by atoms with Gasteiger partial charge in [0.1, 0.15) is 5.82 Å². The van der Waals surface area contributed by atoms with Crippen molar-refractivity contribution in [2.24, 2.45) is 11.8 Å². The van der Waals surface area contributed by atoms with Crippen LogP contribution in [-0.2, 0) is 0 Å². The van der Waals surface area contributed by atoms with Crippen LogP contribution in [0.4, 0.5) is 10.1 Å². The molecule has 0 N–H and O–H groups in total. The molecule has 176 valence electrons. The molecular weight excluding hydrogens is 419 g/mol. The Morgan fingerprint density at radius 1 is 0.909 bits per heavy atom. The number of piperazine rings is 1.